The summed E-state index contributed by atoms with van der Waals surface area (Å²) in [6, 6.07) is 9.47. The summed E-state index contributed by atoms with van der Waals surface area (Å²) in [7, 11) is 2.98. The molecule has 1 aromatic rings. The number of ether oxygens (including phenoxy) is 2. The van der Waals surface area contributed by atoms with E-state index in [9.17, 15) is 4.79 Å². The van der Waals surface area contributed by atoms with Crippen molar-refractivity contribution in [1.29, 1.82) is 0 Å². The Labute approximate surface area is 99.6 Å². The summed E-state index contributed by atoms with van der Waals surface area (Å²) >= 11 is 0. The van der Waals surface area contributed by atoms with Crippen LogP contribution in [0.3, 0.4) is 0 Å². The number of benzene rings is 1. The largest absolute Gasteiger partial charge is 0.496 e. The maximum atomic E-state index is 11.8. The van der Waals surface area contributed by atoms with Crippen LogP contribution in [-0.4, -0.2) is 26.2 Å². The molecule has 0 aliphatic carbocycles. The van der Waals surface area contributed by atoms with Gasteiger partial charge in [-0.25, -0.2) is 0 Å². The van der Waals surface area contributed by atoms with Crippen molar-refractivity contribution >= 4 is 11.6 Å². The van der Waals surface area contributed by atoms with E-state index in [2.05, 4.69) is 5.43 Å². The zero-order chi connectivity index (χ0) is 12.3. The van der Waals surface area contributed by atoms with Crippen LogP contribution in [-0.2, 0) is 14.3 Å². The molecule has 1 aliphatic rings. The van der Waals surface area contributed by atoms with E-state index >= 15 is 0 Å². The molecule has 0 saturated heterocycles. The molecule has 0 spiro atoms. The van der Waals surface area contributed by atoms with Gasteiger partial charge in [-0.1, -0.05) is 18.2 Å². The van der Waals surface area contributed by atoms with E-state index in [1.807, 2.05) is 30.3 Å². The molecule has 1 heterocycles. The van der Waals surface area contributed by atoms with E-state index in [1.165, 1.54) is 14.2 Å². The summed E-state index contributed by atoms with van der Waals surface area (Å²) in [4.78, 5) is 11.8. The van der Waals surface area contributed by atoms with Crippen LogP contribution in [0.25, 0.3) is 0 Å². The second-order valence-corrected chi connectivity index (χ2v) is 3.53. The predicted molar refractivity (Wildman–Crippen MR) is 63.0 cm³/mol. The summed E-state index contributed by atoms with van der Waals surface area (Å²) < 4.78 is 10.2. The number of nitrogens with zero attached hydrogens (tertiary/aromatic N) is 1. The second-order valence-electron chi connectivity index (χ2n) is 3.53. The minimum absolute atomic E-state index is 0.254. The minimum atomic E-state index is -0.694. The van der Waals surface area contributed by atoms with E-state index in [1.54, 1.807) is 11.2 Å². The molecule has 1 aliphatic heterocycles. The van der Waals surface area contributed by atoms with Crippen molar-refractivity contribution in [3.63, 3.8) is 0 Å². The molecule has 1 N–H and O–H groups in total. The van der Waals surface area contributed by atoms with Gasteiger partial charge in [0.25, 0.3) is 5.91 Å². The predicted octanol–water partition coefficient (Wildman–Crippen LogP) is 1.04. The SMILES string of the molecule is COC1=CN(c2ccccc2)NC(=O)C1OC. The lowest BCUT2D eigenvalue weighted by molar-refractivity contribution is -0.131. The molecular weight excluding hydrogens is 220 g/mol. The van der Waals surface area contributed by atoms with Crippen molar-refractivity contribution in [2.45, 2.75) is 6.10 Å². The average molecular weight is 234 g/mol. The summed E-state index contributed by atoms with van der Waals surface area (Å²) in [6.07, 6.45) is 1.00. The average Bonchev–Trinajstić information content (AvgIpc) is 2.38. The number of carbonyl (C=O) groups is 1. The molecule has 0 aromatic heterocycles. The third kappa shape index (κ3) is 2.24. The van der Waals surface area contributed by atoms with Gasteiger partial charge in [-0.2, -0.15) is 0 Å². The number of methoxy groups -OCH3 is 2. The van der Waals surface area contributed by atoms with Crippen LogP contribution in [0.4, 0.5) is 5.69 Å². The molecular formula is C12H14N2O3. The standard InChI is InChI=1S/C12H14N2O3/c1-16-10-8-14(9-6-4-3-5-7-9)13-12(15)11(10)17-2/h3-8,11H,1-2H3,(H,13,15). The lowest BCUT2D eigenvalue weighted by Crippen LogP contribution is -2.50. The highest BCUT2D eigenvalue weighted by molar-refractivity contribution is 5.87. The smallest absolute Gasteiger partial charge is 0.275 e. The van der Waals surface area contributed by atoms with Crippen LogP contribution in [0.1, 0.15) is 0 Å². The zero-order valence-electron chi connectivity index (χ0n) is 9.71. The topological polar surface area (TPSA) is 50.8 Å². The van der Waals surface area contributed by atoms with Crippen molar-refractivity contribution in [2.24, 2.45) is 0 Å². The maximum Gasteiger partial charge on any atom is 0.275 e. The number of nitrogens with one attached hydrogen (secondary N) is 1. The summed E-state index contributed by atoms with van der Waals surface area (Å²) in [5, 5.41) is 1.61. The Morgan fingerprint density at radius 1 is 1.24 bits per heavy atom. The Bertz CT molecular complexity index is 431. The molecule has 2 rings (SSSR count). The van der Waals surface area contributed by atoms with Gasteiger partial charge in [0.15, 0.2) is 11.9 Å². The van der Waals surface area contributed by atoms with E-state index in [4.69, 9.17) is 9.47 Å². The highest BCUT2D eigenvalue weighted by Crippen LogP contribution is 2.19. The normalized spacial score (nSPS) is 19.6. The first kappa shape index (κ1) is 11.5. The van der Waals surface area contributed by atoms with E-state index in [-0.39, 0.29) is 5.91 Å². The van der Waals surface area contributed by atoms with Crippen molar-refractivity contribution in [3.05, 3.63) is 42.3 Å². The quantitative estimate of drug-likeness (QED) is 0.849. The van der Waals surface area contributed by atoms with Gasteiger partial charge < -0.3 is 9.47 Å². The molecule has 17 heavy (non-hydrogen) atoms. The van der Waals surface area contributed by atoms with Crippen LogP contribution >= 0.6 is 0 Å². The molecule has 0 saturated carbocycles. The van der Waals surface area contributed by atoms with Crippen LogP contribution < -0.4 is 10.4 Å². The van der Waals surface area contributed by atoms with Crippen molar-refractivity contribution in [2.75, 3.05) is 19.2 Å². The van der Waals surface area contributed by atoms with Gasteiger partial charge in [-0.3, -0.25) is 15.2 Å². The Balaban J connectivity index is 2.30. The van der Waals surface area contributed by atoms with Gasteiger partial charge in [-0.05, 0) is 12.1 Å². The molecule has 0 fully saturated rings. The molecule has 1 unspecified atom stereocenters. The van der Waals surface area contributed by atoms with Crippen LogP contribution in [0, 0.1) is 0 Å². The maximum absolute atomic E-state index is 11.8. The number of para-hydroxylation sites is 1. The van der Waals surface area contributed by atoms with Crippen LogP contribution in [0.5, 0.6) is 0 Å². The first-order valence-corrected chi connectivity index (χ1v) is 5.19. The summed E-state index contributed by atoms with van der Waals surface area (Å²) in [6.45, 7) is 0. The highest BCUT2D eigenvalue weighted by Gasteiger charge is 2.30. The number of anilines is 1. The van der Waals surface area contributed by atoms with Gasteiger partial charge in [0.1, 0.15) is 0 Å². The van der Waals surface area contributed by atoms with E-state index in [0.717, 1.165) is 5.69 Å². The Kier molecular flexibility index (Phi) is 3.30. The van der Waals surface area contributed by atoms with Gasteiger partial charge in [0.2, 0.25) is 0 Å². The van der Waals surface area contributed by atoms with E-state index < -0.39 is 6.10 Å². The number of hydrogen-bond donors (Lipinski definition) is 1. The number of rotatable bonds is 3. The second kappa shape index (κ2) is 4.88. The zero-order valence-corrected chi connectivity index (χ0v) is 9.71. The van der Waals surface area contributed by atoms with E-state index in [0.29, 0.717) is 5.76 Å². The third-order valence-electron chi connectivity index (χ3n) is 2.49. The van der Waals surface area contributed by atoms with Gasteiger partial charge >= 0.3 is 0 Å². The monoisotopic (exact) mass is 234 g/mol. The van der Waals surface area contributed by atoms with Gasteiger partial charge in [0, 0.05) is 7.11 Å². The third-order valence-corrected chi connectivity index (χ3v) is 2.49. The fourth-order valence-electron chi connectivity index (χ4n) is 1.64. The lowest BCUT2D eigenvalue weighted by atomic mass is 10.2. The highest BCUT2D eigenvalue weighted by atomic mass is 16.5. The Hall–Kier alpha value is -2.01. The Morgan fingerprint density at radius 3 is 2.53 bits per heavy atom. The van der Waals surface area contributed by atoms with Crippen LogP contribution in [0.2, 0.25) is 0 Å². The molecule has 5 nitrogen and oxygen atoms in total. The molecule has 1 amide bonds. The fraction of sp³-hybridized carbons (Fsp3) is 0.250. The van der Waals surface area contributed by atoms with Gasteiger partial charge in [0.05, 0.1) is 19.0 Å². The van der Waals surface area contributed by atoms with Crippen LogP contribution in [0.15, 0.2) is 42.3 Å². The summed E-state index contributed by atoms with van der Waals surface area (Å²) in [5.41, 5.74) is 3.56. The van der Waals surface area contributed by atoms with Crippen molar-refractivity contribution < 1.29 is 14.3 Å². The van der Waals surface area contributed by atoms with Crippen molar-refractivity contribution in [3.8, 4) is 0 Å². The van der Waals surface area contributed by atoms with Crippen molar-refractivity contribution in [1.82, 2.24) is 5.43 Å². The minimum Gasteiger partial charge on any atom is -0.496 e. The first-order chi connectivity index (χ1) is 8.26. The number of hydrogen-bond acceptors (Lipinski definition) is 4. The first-order valence-electron chi connectivity index (χ1n) is 5.19. The Morgan fingerprint density at radius 2 is 1.94 bits per heavy atom. The number of hydrazine groups is 1. The molecule has 90 valence electrons. The number of amides is 1. The molecule has 1 aromatic carbocycles. The fourth-order valence-corrected chi connectivity index (χ4v) is 1.64. The van der Waals surface area contributed by atoms with Gasteiger partial charge in [-0.15, -0.1) is 0 Å². The summed E-state index contributed by atoms with van der Waals surface area (Å²) in [5.74, 6) is 0.218. The molecule has 0 bridgehead atoms. The molecule has 1 atom stereocenters. The molecule has 0 radical (unpaired) electrons. The number of carbonyl (C=O) groups excluding carboxylic acids is 1. The lowest BCUT2D eigenvalue weighted by Gasteiger charge is -2.30. The molecule has 5 heteroatoms.